The van der Waals surface area contributed by atoms with Crippen molar-refractivity contribution in [1.82, 2.24) is 0 Å². The molecule has 298 valence electrons. The zero-order valence-electron chi connectivity index (χ0n) is 31.7. The average molecular weight is 875 g/mol. The fourth-order valence-electron chi connectivity index (χ4n) is 7.29. The predicted molar refractivity (Wildman–Crippen MR) is 247 cm³/mol. The molecule has 3 aliphatic rings. The first-order valence-corrected chi connectivity index (χ1v) is 25.3. The van der Waals surface area contributed by atoms with Gasteiger partial charge in [-0.25, -0.2) is 9.59 Å². The van der Waals surface area contributed by atoms with Crippen LogP contribution in [0.5, 0.6) is 11.5 Å². The summed E-state index contributed by atoms with van der Waals surface area (Å²) in [6.07, 6.45) is 1.53. The highest BCUT2D eigenvalue weighted by Gasteiger charge is 2.46. The van der Waals surface area contributed by atoms with E-state index in [0.29, 0.717) is 26.4 Å². The van der Waals surface area contributed by atoms with E-state index in [-0.39, 0.29) is 12.0 Å². The smallest absolute Gasteiger partial charge is 0.330 e. The van der Waals surface area contributed by atoms with Crippen molar-refractivity contribution in [2.45, 2.75) is 39.1 Å². The maximum absolute atomic E-state index is 12.2. The van der Waals surface area contributed by atoms with E-state index in [1.807, 2.05) is 78.2 Å². The van der Waals surface area contributed by atoms with Crippen molar-refractivity contribution in [2.24, 2.45) is 0 Å². The molecule has 3 unspecified atom stereocenters. The van der Waals surface area contributed by atoms with Crippen molar-refractivity contribution < 1.29 is 28.5 Å². The highest BCUT2D eigenvalue weighted by molar-refractivity contribution is 8.21. The Bertz CT molecular complexity index is 1950. The quantitative estimate of drug-likeness (QED) is 0.0451. The number of hydrogen-bond donors (Lipinski definition) is 0. The predicted octanol–water partition coefficient (Wildman–Crippen LogP) is 10.4. The molecule has 4 aromatic carbocycles. The Kier molecular flexibility index (Phi) is 15.0. The summed E-state index contributed by atoms with van der Waals surface area (Å²) >= 11 is 11.4. The molecular weight excluding hydrogens is 829 g/mol. The second-order valence-corrected chi connectivity index (χ2v) is 21.6. The van der Waals surface area contributed by atoms with Crippen LogP contribution in [-0.4, -0.2) is 85.6 Å². The van der Waals surface area contributed by atoms with Crippen LogP contribution >= 0.6 is 70.6 Å². The zero-order chi connectivity index (χ0) is 39.6. The van der Waals surface area contributed by atoms with E-state index in [4.69, 9.17) is 18.9 Å². The molecule has 0 radical (unpaired) electrons. The maximum atomic E-state index is 12.2. The standard InChI is InChI=1S/C45H46O6S6/c1-4-40(46)49-30(3)44(57-29-43-55-24-25-56-43)51-34-20-16-32(17-21-34)45(38-12-8-6-10-36(38)37-11-7-9-13-39(37)45)31-14-18-33(19-15-31)48-26-35(50-41(47)5-2)27-52-28-42-53-22-23-54-42/h4-21,30,35,42-44H,1-2,22-29H2,3H3. The average Bonchev–Trinajstić information content (AvgIpc) is 4.03. The Labute approximate surface area is 361 Å². The first kappa shape index (κ1) is 42.1. The van der Waals surface area contributed by atoms with Gasteiger partial charge < -0.3 is 18.9 Å². The van der Waals surface area contributed by atoms with Crippen LogP contribution in [0.1, 0.15) is 29.2 Å². The van der Waals surface area contributed by atoms with Crippen molar-refractivity contribution in [3.05, 3.63) is 145 Å². The number of fused-ring (bicyclic) bond motifs is 3. The van der Waals surface area contributed by atoms with Gasteiger partial charge in [-0.2, -0.15) is 11.8 Å². The summed E-state index contributed by atoms with van der Waals surface area (Å²) in [5, 5.41) is 0. The summed E-state index contributed by atoms with van der Waals surface area (Å²) in [6, 6.07) is 33.9. The fraction of sp³-hybridized carbons (Fsp3) is 0.333. The number of rotatable bonds is 19. The van der Waals surface area contributed by atoms with Gasteiger partial charge >= 0.3 is 11.9 Å². The summed E-state index contributed by atoms with van der Waals surface area (Å²) in [5.74, 6) is 7.74. The van der Waals surface area contributed by atoms with E-state index in [9.17, 15) is 9.59 Å². The van der Waals surface area contributed by atoms with E-state index >= 15 is 0 Å². The Morgan fingerprint density at radius 3 is 1.79 bits per heavy atom. The van der Waals surface area contributed by atoms with Crippen LogP contribution in [0.2, 0.25) is 0 Å². The van der Waals surface area contributed by atoms with Crippen molar-refractivity contribution in [1.29, 1.82) is 0 Å². The summed E-state index contributed by atoms with van der Waals surface area (Å²) in [7, 11) is 0. The molecule has 2 heterocycles. The summed E-state index contributed by atoms with van der Waals surface area (Å²) in [6.45, 7) is 9.28. The van der Waals surface area contributed by atoms with Crippen LogP contribution in [0.15, 0.2) is 122 Å². The van der Waals surface area contributed by atoms with Gasteiger partial charge in [-0.3, -0.25) is 0 Å². The minimum Gasteiger partial charge on any atom is -0.490 e. The Hall–Kier alpha value is -3.00. The second kappa shape index (κ2) is 20.3. The van der Waals surface area contributed by atoms with Crippen LogP contribution in [0.4, 0.5) is 0 Å². The third-order valence-electron chi connectivity index (χ3n) is 9.85. The fourth-order valence-corrected chi connectivity index (χ4v) is 16.0. The second-order valence-electron chi connectivity index (χ2n) is 13.5. The van der Waals surface area contributed by atoms with Gasteiger partial charge in [0.25, 0.3) is 0 Å². The lowest BCUT2D eigenvalue weighted by atomic mass is 9.68. The first-order valence-electron chi connectivity index (χ1n) is 18.9. The Morgan fingerprint density at radius 2 is 1.23 bits per heavy atom. The van der Waals surface area contributed by atoms with E-state index < -0.39 is 29.6 Å². The van der Waals surface area contributed by atoms with E-state index in [0.717, 1.165) is 34.1 Å². The molecule has 57 heavy (non-hydrogen) atoms. The van der Waals surface area contributed by atoms with Crippen LogP contribution in [0, 0.1) is 0 Å². The molecule has 3 atom stereocenters. The van der Waals surface area contributed by atoms with Gasteiger partial charge in [0.2, 0.25) is 0 Å². The molecule has 1 aliphatic carbocycles. The molecule has 0 bridgehead atoms. The number of benzene rings is 4. The molecule has 0 N–H and O–H groups in total. The van der Waals surface area contributed by atoms with Crippen LogP contribution in [-0.2, 0) is 24.5 Å². The topological polar surface area (TPSA) is 71.1 Å². The van der Waals surface area contributed by atoms with Crippen LogP contribution in [0.3, 0.4) is 0 Å². The van der Waals surface area contributed by atoms with Crippen molar-refractivity contribution in [2.75, 3.05) is 46.9 Å². The molecule has 0 aromatic heterocycles. The normalized spacial score (nSPS) is 17.5. The van der Waals surface area contributed by atoms with Crippen LogP contribution < -0.4 is 9.47 Å². The molecule has 7 rings (SSSR count). The summed E-state index contributed by atoms with van der Waals surface area (Å²) < 4.78 is 25.3. The van der Waals surface area contributed by atoms with Crippen LogP contribution in [0.25, 0.3) is 11.1 Å². The molecule has 6 nitrogen and oxygen atoms in total. The third-order valence-corrected chi connectivity index (χ3v) is 19.3. The molecule has 0 amide bonds. The molecule has 12 heteroatoms. The lowest BCUT2D eigenvalue weighted by molar-refractivity contribution is -0.144. The SMILES string of the molecule is C=CC(=O)OC(COc1ccc(C2(c3ccc(OC(SCC4SCCS4)C(C)OC(=O)C=C)cc3)c3ccccc3-c3ccccc32)cc1)CSCC1SCCS1. The van der Waals surface area contributed by atoms with Crippen molar-refractivity contribution in [3.8, 4) is 22.6 Å². The summed E-state index contributed by atoms with van der Waals surface area (Å²) in [5.41, 5.74) is 5.99. The van der Waals surface area contributed by atoms with Gasteiger partial charge in [0.15, 0.2) is 5.44 Å². The molecule has 2 fully saturated rings. The highest BCUT2D eigenvalue weighted by atomic mass is 32.2. The summed E-state index contributed by atoms with van der Waals surface area (Å²) in [4.78, 5) is 24.4. The molecule has 0 spiro atoms. The van der Waals surface area contributed by atoms with Crippen molar-refractivity contribution >= 4 is 82.5 Å². The lowest BCUT2D eigenvalue weighted by Gasteiger charge is -2.34. The monoisotopic (exact) mass is 874 g/mol. The Balaban J connectivity index is 1.15. The molecule has 2 aliphatic heterocycles. The van der Waals surface area contributed by atoms with Gasteiger partial charge in [0.05, 0.1) is 14.6 Å². The molecule has 2 saturated heterocycles. The van der Waals surface area contributed by atoms with E-state index in [2.05, 4.69) is 86.0 Å². The lowest BCUT2D eigenvalue weighted by Crippen LogP contribution is -2.31. The third kappa shape index (κ3) is 10.1. The largest absolute Gasteiger partial charge is 0.490 e. The number of ether oxygens (including phenoxy) is 4. The minimum absolute atomic E-state index is 0.248. The number of esters is 2. The Morgan fingerprint density at radius 1 is 0.719 bits per heavy atom. The molecular formula is C45H46O6S6. The van der Waals surface area contributed by atoms with Gasteiger partial charge in [-0.1, -0.05) is 86.0 Å². The van der Waals surface area contributed by atoms with Crippen molar-refractivity contribution in [3.63, 3.8) is 0 Å². The zero-order valence-corrected chi connectivity index (χ0v) is 36.6. The van der Waals surface area contributed by atoms with Gasteiger partial charge in [0, 0.05) is 52.4 Å². The minimum atomic E-state index is -0.614. The van der Waals surface area contributed by atoms with E-state index in [1.165, 1.54) is 45.9 Å². The number of carbonyl (C=O) groups excluding carboxylic acids is 2. The van der Waals surface area contributed by atoms with Gasteiger partial charge in [-0.15, -0.1) is 58.8 Å². The van der Waals surface area contributed by atoms with Gasteiger partial charge in [0.1, 0.15) is 30.3 Å². The first-order chi connectivity index (χ1) is 27.9. The number of carbonyl (C=O) groups is 2. The molecule has 0 saturated carbocycles. The number of hydrogen-bond acceptors (Lipinski definition) is 12. The maximum Gasteiger partial charge on any atom is 0.330 e. The van der Waals surface area contributed by atoms with Gasteiger partial charge in [-0.05, 0) is 64.6 Å². The number of thioether (sulfide) groups is 6. The highest BCUT2D eigenvalue weighted by Crippen LogP contribution is 2.56. The molecule has 4 aromatic rings. The van der Waals surface area contributed by atoms with E-state index in [1.54, 1.807) is 23.5 Å².